The van der Waals surface area contributed by atoms with E-state index in [1.54, 1.807) is 26.4 Å². The van der Waals surface area contributed by atoms with Crippen LogP contribution in [0.2, 0.25) is 5.15 Å². The third kappa shape index (κ3) is 3.89. The Labute approximate surface area is 99.5 Å². The number of nitrogens with zero attached hydrogens (tertiary/aromatic N) is 1. The molecule has 1 aromatic rings. The van der Waals surface area contributed by atoms with Gasteiger partial charge in [-0.1, -0.05) is 11.6 Å². The molecule has 0 amide bonds. The zero-order valence-electron chi connectivity index (χ0n) is 9.27. The molecule has 4 nitrogen and oxygen atoms in total. The molecular weight excluding hydrogens is 230 g/mol. The Hall–Kier alpha value is -0.970. The van der Waals surface area contributed by atoms with E-state index < -0.39 is 0 Å². The van der Waals surface area contributed by atoms with Crippen LogP contribution in [0.1, 0.15) is 23.2 Å². The number of carbonyl (C=O) groups excluding carboxylic acids is 1. The fourth-order valence-electron chi connectivity index (χ4n) is 1.27. The Morgan fingerprint density at radius 1 is 1.44 bits per heavy atom. The van der Waals surface area contributed by atoms with Gasteiger partial charge < -0.3 is 9.47 Å². The maximum Gasteiger partial charge on any atom is 0.164 e. The van der Waals surface area contributed by atoms with E-state index in [-0.39, 0.29) is 12.1 Å². The molecule has 0 aliphatic heterocycles. The van der Waals surface area contributed by atoms with Crippen LogP contribution in [-0.2, 0) is 9.47 Å². The minimum atomic E-state index is -0.343. The molecule has 0 bridgehead atoms. The van der Waals surface area contributed by atoms with Gasteiger partial charge in [0.25, 0.3) is 0 Å². The number of aromatic nitrogens is 1. The Kier molecular flexibility index (Phi) is 5.38. The van der Waals surface area contributed by atoms with Crippen molar-refractivity contribution in [1.29, 1.82) is 0 Å². The molecule has 0 unspecified atom stereocenters. The normalized spacial score (nSPS) is 10.8. The summed E-state index contributed by atoms with van der Waals surface area (Å²) in [5.41, 5.74) is 0.551. The smallest absolute Gasteiger partial charge is 0.164 e. The van der Waals surface area contributed by atoms with Gasteiger partial charge in [0, 0.05) is 38.8 Å². The molecule has 0 saturated carbocycles. The second-order valence-electron chi connectivity index (χ2n) is 3.23. The maximum absolute atomic E-state index is 11.7. The number of Topliss-reactive ketones (excluding diaryl/α,β-unsaturated/α-hetero) is 1. The van der Waals surface area contributed by atoms with Crippen molar-refractivity contribution in [3.63, 3.8) is 0 Å². The van der Waals surface area contributed by atoms with E-state index in [2.05, 4.69) is 4.98 Å². The Morgan fingerprint density at radius 2 is 2.12 bits per heavy atom. The molecule has 0 spiro atoms. The Balaban J connectivity index is 2.49. The number of rotatable bonds is 6. The van der Waals surface area contributed by atoms with Crippen molar-refractivity contribution in [2.24, 2.45) is 0 Å². The molecule has 0 radical (unpaired) electrons. The van der Waals surface area contributed by atoms with Gasteiger partial charge in [-0.2, -0.15) is 0 Å². The molecule has 16 heavy (non-hydrogen) atoms. The number of methoxy groups -OCH3 is 2. The van der Waals surface area contributed by atoms with Gasteiger partial charge in [-0.05, 0) is 12.1 Å². The quantitative estimate of drug-likeness (QED) is 0.437. The summed E-state index contributed by atoms with van der Waals surface area (Å²) in [5.74, 6) is 0.00302. The lowest BCUT2D eigenvalue weighted by Crippen LogP contribution is -2.14. The standard InChI is InChI=1S/C11H14ClNO3/c1-15-11(16-2)6-4-9(14)8-3-5-10(12)13-7-8/h3,5,7,11H,4,6H2,1-2H3. The van der Waals surface area contributed by atoms with E-state index in [0.29, 0.717) is 23.6 Å². The van der Waals surface area contributed by atoms with Crippen molar-refractivity contribution < 1.29 is 14.3 Å². The molecule has 0 N–H and O–H groups in total. The van der Waals surface area contributed by atoms with E-state index in [9.17, 15) is 4.79 Å². The van der Waals surface area contributed by atoms with E-state index in [4.69, 9.17) is 21.1 Å². The average molecular weight is 244 g/mol. The minimum Gasteiger partial charge on any atom is -0.356 e. The second kappa shape index (κ2) is 6.58. The van der Waals surface area contributed by atoms with Gasteiger partial charge in [-0.25, -0.2) is 4.98 Å². The van der Waals surface area contributed by atoms with Gasteiger partial charge >= 0.3 is 0 Å². The van der Waals surface area contributed by atoms with Gasteiger partial charge in [-0.3, -0.25) is 4.79 Å². The van der Waals surface area contributed by atoms with Crippen molar-refractivity contribution in [1.82, 2.24) is 4.98 Å². The summed E-state index contributed by atoms with van der Waals surface area (Å²) in [5, 5.41) is 0.378. The number of carbonyl (C=O) groups is 1. The van der Waals surface area contributed by atoms with Crippen molar-refractivity contribution in [3.8, 4) is 0 Å². The van der Waals surface area contributed by atoms with Crippen LogP contribution >= 0.6 is 11.6 Å². The highest BCUT2D eigenvalue weighted by Crippen LogP contribution is 2.10. The van der Waals surface area contributed by atoms with Gasteiger partial charge in [-0.15, -0.1) is 0 Å². The largest absolute Gasteiger partial charge is 0.356 e. The summed E-state index contributed by atoms with van der Waals surface area (Å²) in [6.45, 7) is 0. The van der Waals surface area contributed by atoms with E-state index >= 15 is 0 Å². The van der Waals surface area contributed by atoms with Crippen molar-refractivity contribution in [2.75, 3.05) is 14.2 Å². The zero-order valence-corrected chi connectivity index (χ0v) is 10.0. The predicted molar refractivity (Wildman–Crippen MR) is 60.6 cm³/mol. The van der Waals surface area contributed by atoms with Crippen LogP contribution in [-0.4, -0.2) is 31.3 Å². The van der Waals surface area contributed by atoms with Crippen LogP contribution in [0.4, 0.5) is 0 Å². The van der Waals surface area contributed by atoms with Crippen LogP contribution in [0.5, 0.6) is 0 Å². The third-order valence-corrected chi connectivity index (χ3v) is 2.41. The third-order valence-electron chi connectivity index (χ3n) is 2.18. The molecule has 0 fully saturated rings. The van der Waals surface area contributed by atoms with Crippen LogP contribution in [0.3, 0.4) is 0 Å². The van der Waals surface area contributed by atoms with Crippen LogP contribution in [0.15, 0.2) is 18.3 Å². The second-order valence-corrected chi connectivity index (χ2v) is 3.62. The van der Waals surface area contributed by atoms with Crippen molar-refractivity contribution >= 4 is 17.4 Å². The van der Waals surface area contributed by atoms with E-state index in [1.807, 2.05) is 0 Å². The first-order valence-corrected chi connectivity index (χ1v) is 5.25. The summed E-state index contributed by atoms with van der Waals surface area (Å²) in [7, 11) is 3.09. The predicted octanol–water partition coefficient (Wildman–Crippen LogP) is 2.32. The topological polar surface area (TPSA) is 48.4 Å². The lowest BCUT2D eigenvalue weighted by molar-refractivity contribution is -0.105. The molecule has 1 rings (SSSR count). The number of pyridine rings is 1. The molecule has 0 saturated heterocycles. The van der Waals surface area contributed by atoms with Crippen LogP contribution in [0, 0.1) is 0 Å². The van der Waals surface area contributed by atoms with Gasteiger partial charge in [0.1, 0.15) is 5.15 Å². The van der Waals surface area contributed by atoms with Gasteiger partial charge in [0.2, 0.25) is 0 Å². The molecule has 5 heteroatoms. The monoisotopic (exact) mass is 243 g/mol. The molecule has 0 atom stereocenters. The highest BCUT2D eigenvalue weighted by atomic mass is 35.5. The summed E-state index contributed by atoms with van der Waals surface area (Å²) in [4.78, 5) is 15.5. The number of ether oxygens (including phenoxy) is 2. The molecule has 88 valence electrons. The fourth-order valence-corrected chi connectivity index (χ4v) is 1.38. The van der Waals surface area contributed by atoms with E-state index in [0.717, 1.165) is 0 Å². The molecule has 0 aliphatic carbocycles. The summed E-state index contributed by atoms with van der Waals surface area (Å²) < 4.78 is 9.99. The molecule has 0 aliphatic rings. The average Bonchev–Trinajstić information content (AvgIpc) is 2.31. The first kappa shape index (κ1) is 13.1. The number of hydrogen-bond donors (Lipinski definition) is 0. The fraction of sp³-hybridized carbons (Fsp3) is 0.455. The van der Waals surface area contributed by atoms with Crippen LogP contribution in [0.25, 0.3) is 0 Å². The summed E-state index contributed by atoms with van der Waals surface area (Å²) in [6.07, 6.45) is 2.01. The number of halogens is 1. The summed E-state index contributed by atoms with van der Waals surface area (Å²) in [6, 6.07) is 3.26. The zero-order chi connectivity index (χ0) is 12.0. The molecular formula is C11H14ClNO3. The van der Waals surface area contributed by atoms with Crippen molar-refractivity contribution in [2.45, 2.75) is 19.1 Å². The summed E-state index contributed by atoms with van der Waals surface area (Å²) >= 11 is 5.63. The lowest BCUT2D eigenvalue weighted by atomic mass is 10.1. The SMILES string of the molecule is COC(CCC(=O)c1ccc(Cl)nc1)OC. The van der Waals surface area contributed by atoms with Crippen LogP contribution < -0.4 is 0 Å². The maximum atomic E-state index is 11.7. The highest BCUT2D eigenvalue weighted by Gasteiger charge is 2.11. The minimum absolute atomic E-state index is 0.00302. The highest BCUT2D eigenvalue weighted by molar-refractivity contribution is 6.29. The molecule has 1 heterocycles. The Bertz CT molecular complexity index is 336. The molecule has 1 aromatic heterocycles. The Morgan fingerprint density at radius 3 is 2.62 bits per heavy atom. The number of hydrogen-bond acceptors (Lipinski definition) is 4. The number of ketones is 1. The van der Waals surface area contributed by atoms with Gasteiger partial charge in [0.05, 0.1) is 0 Å². The van der Waals surface area contributed by atoms with E-state index in [1.165, 1.54) is 6.20 Å². The lowest BCUT2D eigenvalue weighted by Gasteiger charge is -2.12. The van der Waals surface area contributed by atoms with Crippen molar-refractivity contribution in [3.05, 3.63) is 29.0 Å². The first-order chi connectivity index (χ1) is 7.67. The molecule has 0 aromatic carbocycles. The van der Waals surface area contributed by atoms with Gasteiger partial charge in [0.15, 0.2) is 12.1 Å². The first-order valence-electron chi connectivity index (χ1n) is 4.87.